The Kier molecular flexibility index (Phi) is 3.81. The quantitative estimate of drug-likeness (QED) is 0.904. The molecule has 0 amide bonds. The van der Waals surface area contributed by atoms with Gasteiger partial charge in [-0.15, -0.1) is 0 Å². The van der Waals surface area contributed by atoms with E-state index in [0.717, 1.165) is 19.7 Å². The molecule has 1 aliphatic rings. The van der Waals surface area contributed by atoms with E-state index in [1.165, 1.54) is 28.5 Å². The van der Waals surface area contributed by atoms with Crippen molar-refractivity contribution in [3.63, 3.8) is 0 Å². The summed E-state index contributed by atoms with van der Waals surface area (Å²) in [5, 5.41) is 4.87. The maximum atomic E-state index is 5.44. The molecule has 1 N–H and O–H groups in total. The standard InChI is InChI=1S/C17H24N2O/c1-12(2)13-4-5-16-14(11-19(3)17(16)8-13)9-18-10-15-6-7-20-15/h4-5,8,11-12,15,18H,6-7,9-10H2,1-3H3. The van der Waals surface area contributed by atoms with Crippen LogP contribution in [0.2, 0.25) is 0 Å². The Labute approximate surface area is 120 Å². The molecule has 0 radical (unpaired) electrons. The van der Waals surface area contributed by atoms with Crippen LogP contribution in [0.5, 0.6) is 0 Å². The molecule has 2 aromatic rings. The summed E-state index contributed by atoms with van der Waals surface area (Å²) in [4.78, 5) is 0. The van der Waals surface area contributed by atoms with Gasteiger partial charge in [0.1, 0.15) is 0 Å². The molecule has 1 saturated heterocycles. The number of rotatable bonds is 5. The minimum atomic E-state index is 0.428. The van der Waals surface area contributed by atoms with Crippen LogP contribution in [-0.2, 0) is 18.3 Å². The Morgan fingerprint density at radius 2 is 2.20 bits per heavy atom. The van der Waals surface area contributed by atoms with Gasteiger partial charge < -0.3 is 14.6 Å². The fourth-order valence-electron chi connectivity index (χ4n) is 2.80. The average Bonchev–Trinajstić information content (AvgIpc) is 2.69. The normalized spacial score (nSPS) is 18.7. The van der Waals surface area contributed by atoms with Gasteiger partial charge in [-0.05, 0) is 29.5 Å². The van der Waals surface area contributed by atoms with Crippen LogP contribution < -0.4 is 5.32 Å². The van der Waals surface area contributed by atoms with Crippen LogP contribution in [0.1, 0.15) is 37.3 Å². The predicted octanol–water partition coefficient (Wildman–Crippen LogP) is 3.18. The first-order valence-corrected chi connectivity index (χ1v) is 7.55. The number of nitrogens with zero attached hydrogens (tertiary/aromatic N) is 1. The van der Waals surface area contributed by atoms with E-state index in [4.69, 9.17) is 4.74 Å². The first kappa shape index (κ1) is 13.7. The Morgan fingerprint density at radius 1 is 1.40 bits per heavy atom. The fraction of sp³-hybridized carbons (Fsp3) is 0.529. The molecule has 20 heavy (non-hydrogen) atoms. The van der Waals surface area contributed by atoms with Gasteiger partial charge in [-0.2, -0.15) is 0 Å². The zero-order valence-electron chi connectivity index (χ0n) is 12.6. The average molecular weight is 272 g/mol. The minimum absolute atomic E-state index is 0.428. The number of nitrogens with one attached hydrogen (secondary N) is 1. The molecular formula is C17H24N2O. The molecule has 3 heteroatoms. The molecule has 1 aromatic carbocycles. The highest BCUT2D eigenvalue weighted by Crippen LogP contribution is 2.25. The minimum Gasteiger partial charge on any atom is -0.377 e. The number of fused-ring (bicyclic) bond motifs is 1. The lowest BCUT2D eigenvalue weighted by Gasteiger charge is -2.26. The third-order valence-corrected chi connectivity index (χ3v) is 4.24. The summed E-state index contributed by atoms with van der Waals surface area (Å²) >= 11 is 0. The molecular weight excluding hydrogens is 248 g/mol. The summed E-state index contributed by atoms with van der Waals surface area (Å²) in [6, 6.07) is 6.84. The van der Waals surface area contributed by atoms with Crippen LogP contribution in [-0.4, -0.2) is 23.8 Å². The smallest absolute Gasteiger partial charge is 0.0721 e. The highest BCUT2D eigenvalue weighted by molar-refractivity contribution is 5.84. The maximum absolute atomic E-state index is 5.44. The van der Waals surface area contributed by atoms with Crippen molar-refractivity contribution in [2.75, 3.05) is 13.2 Å². The van der Waals surface area contributed by atoms with E-state index in [-0.39, 0.29) is 0 Å². The number of aryl methyl sites for hydroxylation is 1. The van der Waals surface area contributed by atoms with Gasteiger partial charge in [-0.3, -0.25) is 0 Å². The first-order valence-electron chi connectivity index (χ1n) is 7.55. The second-order valence-electron chi connectivity index (χ2n) is 6.11. The van der Waals surface area contributed by atoms with Gasteiger partial charge in [0.25, 0.3) is 0 Å². The van der Waals surface area contributed by atoms with Gasteiger partial charge in [0.15, 0.2) is 0 Å². The van der Waals surface area contributed by atoms with Crippen LogP contribution in [0.25, 0.3) is 10.9 Å². The summed E-state index contributed by atoms with van der Waals surface area (Å²) < 4.78 is 7.67. The molecule has 1 aliphatic heterocycles. The van der Waals surface area contributed by atoms with E-state index < -0.39 is 0 Å². The van der Waals surface area contributed by atoms with Crippen molar-refractivity contribution in [1.82, 2.24) is 9.88 Å². The van der Waals surface area contributed by atoms with E-state index in [2.05, 4.69) is 55.2 Å². The predicted molar refractivity (Wildman–Crippen MR) is 83.1 cm³/mol. The zero-order valence-corrected chi connectivity index (χ0v) is 12.6. The second kappa shape index (κ2) is 5.58. The van der Waals surface area contributed by atoms with Crippen molar-refractivity contribution in [2.45, 2.75) is 38.8 Å². The summed E-state index contributed by atoms with van der Waals surface area (Å²) in [7, 11) is 2.13. The van der Waals surface area contributed by atoms with Crippen molar-refractivity contribution in [2.24, 2.45) is 7.05 Å². The summed E-state index contributed by atoms with van der Waals surface area (Å²) in [6.07, 6.45) is 3.86. The van der Waals surface area contributed by atoms with Crippen LogP contribution >= 0.6 is 0 Å². The lowest BCUT2D eigenvalue weighted by molar-refractivity contribution is -0.0484. The summed E-state index contributed by atoms with van der Waals surface area (Å²) in [5.74, 6) is 0.576. The van der Waals surface area contributed by atoms with E-state index in [9.17, 15) is 0 Å². The molecule has 3 rings (SSSR count). The third kappa shape index (κ3) is 2.60. The number of aromatic nitrogens is 1. The first-order chi connectivity index (χ1) is 9.65. The lowest BCUT2D eigenvalue weighted by atomic mass is 10.0. The summed E-state index contributed by atoms with van der Waals surface area (Å²) in [5.41, 5.74) is 4.10. The molecule has 2 heterocycles. The molecule has 0 saturated carbocycles. The molecule has 108 valence electrons. The molecule has 0 bridgehead atoms. The SMILES string of the molecule is CC(C)c1ccc2c(CNCC3CCO3)cn(C)c2c1. The Morgan fingerprint density at radius 3 is 2.85 bits per heavy atom. The van der Waals surface area contributed by atoms with E-state index in [1.807, 2.05) is 0 Å². The molecule has 1 unspecified atom stereocenters. The topological polar surface area (TPSA) is 26.2 Å². The van der Waals surface area contributed by atoms with Crippen molar-refractivity contribution in [1.29, 1.82) is 0 Å². The number of hydrogen-bond donors (Lipinski definition) is 1. The molecule has 1 fully saturated rings. The molecule has 3 nitrogen and oxygen atoms in total. The highest BCUT2D eigenvalue weighted by atomic mass is 16.5. The van der Waals surface area contributed by atoms with Crippen molar-refractivity contribution in [3.8, 4) is 0 Å². The van der Waals surface area contributed by atoms with E-state index in [1.54, 1.807) is 0 Å². The van der Waals surface area contributed by atoms with Crippen LogP contribution in [0.4, 0.5) is 0 Å². The molecule has 1 atom stereocenters. The fourth-order valence-corrected chi connectivity index (χ4v) is 2.80. The summed E-state index contributed by atoms with van der Waals surface area (Å²) in [6.45, 7) is 7.29. The van der Waals surface area contributed by atoms with Gasteiger partial charge in [-0.25, -0.2) is 0 Å². The maximum Gasteiger partial charge on any atom is 0.0721 e. The van der Waals surface area contributed by atoms with Crippen molar-refractivity contribution < 1.29 is 4.74 Å². The monoisotopic (exact) mass is 272 g/mol. The molecule has 1 aromatic heterocycles. The Hall–Kier alpha value is -1.32. The Bertz CT molecular complexity index is 596. The number of ether oxygens (including phenoxy) is 1. The van der Waals surface area contributed by atoms with Gasteiger partial charge in [0.2, 0.25) is 0 Å². The van der Waals surface area contributed by atoms with Crippen molar-refractivity contribution in [3.05, 3.63) is 35.5 Å². The lowest BCUT2D eigenvalue weighted by Crippen LogP contribution is -2.36. The van der Waals surface area contributed by atoms with Gasteiger partial charge >= 0.3 is 0 Å². The van der Waals surface area contributed by atoms with Crippen molar-refractivity contribution >= 4 is 10.9 Å². The van der Waals surface area contributed by atoms with Gasteiger partial charge in [-0.1, -0.05) is 26.0 Å². The highest BCUT2D eigenvalue weighted by Gasteiger charge is 2.17. The Balaban J connectivity index is 1.77. The van der Waals surface area contributed by atoms with E-state index >= 15 is 0 Å². The zero-order chi connectivity index (χ0) is 14.1. The second-order valence-corrected chi connectivity index (χ2v) is 6.11. The van der Waals surface area contributed by atoms with Gasteiger partial charge in [0.05, 0.1) is 6.10 Å². The number of hydrogen-bond acceptors (Lipinski definition) is 2. The van der Waals surface area contributed by atoms with Crippen LogP contribution in [0.3, 0.4) is 0 Å². The largest absolute Gasteiger partial charge is 0.377 e. The van der Waals surface area contributed by atoms with Crippen LogP contribution in [0, 0.1) is 0 Å². The van der Waals surface area contributed by atoms with Gasteiger partial charge in [0, 0.05) is 43.8 Å². The van der Waals surface area contributed by atoms with E-state index in [0.29, 0.717) is 12.0 Å². The molecule has 0 spiro atoms. The third-order valence-electron chi connectivity index (χ3n) is 4.24. The molecule has 0 aliphatic carbocycles. The van der Waals surface area contributed by atoms with Crippen LogP contribution in [0.15, 0.2) is 24.4 Å². The number of benzene rings is 1.